The Bertz CT molecular complexity index is 869. The number of hydrogen-bond acceptors (Lipinski definition) is 10. The van der Waals surface area contributed by atoms with E-state index < -0.39 is 0 Å². The zero-order valence-corrected chi connectivity index (χ0v) is 26.4. The van der Waals surface area contributed by atoms with Gasteiger partial charge in [0.15, 0.2) is 12.1 Å². The third kappa shape index (κ3) is 5.52. The van der Waals surface area contributed by atoms with Crippen LogP contribution < -0.4 is 42.5 Å². The summed E-state index contributed by atoms with van der Waals surface area (Å²) in [6.07, 6.45) is 25.6. The molecule has 0 aromatic heterocycles. The van der Waals surface area contributed by atoms with E-state index in [2.05, 4.69) is 42.5 Å². The fourth-order valence-electron chi connectivity index (χ4n) is 12.0. The fraction of sp³-hybridized carbons (Fsp3) is 0.941. The molecule has 8 atom stereocenters. The van der Waals surface area contributed by atoms with Gasteiger partial charge >= 0.3 is 0 Å². The smallest absolute Gasteiger partial charge is 0.181 e. The monoisotopic (exact) mass is 604 g/mol. The van der Waals surface area contributed by atoms with E-state index in [0.29, 0.717) is 49.3 Å². The third-order valence-electron chi connectivity index (χ3n) is 13.8. The quantitative estimate of drug-likeness (QED) is 0.208. The average Bonchev–Trinajstić information content (AvgIpc) is 3.81. The summed E-state index contributed by atoms with van der Waals surface area (Å²) in [5.74, 6) is 5.97. The second-order valence-corrected chi connectivity index (χ2v) is 15.8. The van der Waals surface area contributed by atoms with E-state index in [1.165, 1.54) is 115 Å². The van der Waals surface area contributed by atoms with Crippen LogP contribution in [0.15, 0.2) is 0 Å². The first kappa shape index (κ1) is 30.0. The highest BCUT2D eigenvalue weighted by Crippen LogP contribution is 2.45. The van der Waals surface area contributed by atoms with Crippen LogP contribution in [-0.4, -0.2) is 49.3 Å². The molecular formula is C34H56N10. The van der Waals surface area contributed by atoms with Gasteiger partial charge in [0.25, 0.3) is 0 Å². The van der Waals surface area contributed by atoms with E-state index >= 15 is 0 Å². The van der Waals surface area contributed by atoms with Gasteiger partial charge in [-0.2, -0.15) is 10.5 Å². The maximum atomic E-state index is 7.26. The van der Waals surface area contributed by atoms with E-state index in [1.807, 2.05) is 0 Å². The molecule has 0 amide bonds. The molecule has 0 radical (unpaired) electrons. The number of nitrogens with one attached hydrogen (secondary N) is 8. The molecule has 0 aromatic carbocycles. The Labute approximate surface area is 264 Å². The number of fused-ring (bicyclic) bond motifs is 20. The van der Waals surface area contributed by atoms with Gasteiger partial charge in [0.1, 0.15) is 0 Å². The zero-order valence-electron chi connectivity index (χ0n) is 26.4. The van der Waals surface area contributed by atoms with E-state index in [1.54, 1.807) is 0 Å². The molecule has 10 heteroatoms. The van der Waals surface area contributed by atoms with Crippen LogP contribution in [-0.2, 0) is 0 Å². The van der Waals surface area contributed by atoms with E-state index in [9.17, 15) is 0 Å². The van der Waals surface area contributed by atoms with E-state index in [-0.39, 0.29) is 0 Å². The van der Waals surface area contributed by atoms with Crippen molar-refractivity contribution in [3.63, 3.8) is 0 Å². The fourth-order valence-corrected chi connectivity index (χ4v) is 12.0. The van der Waals surface area contributed by atoms with Gasteiger partial charge in [-0.1, -0.05) is 51.4 Å². The first-order valence-electron chi connectivity index (χ1n) is 18.6. The molecule has 9 rings (SSSR count). The molecule has 8 N–H and O–H groups in total. The molecule has 9 fully saturated rings. The molecule has 10 nitrogen and oxygen atoms in total. The number of nitrogens with zero attached hydrogens (tertiary/aromatic N) is 2. The number of nitriles is 2. The summed E-state index contributed by atoms with van der Waals surface area (Å²) in [5.41, 5.74) is 0. The maximum absolute atomic E-state index is 7.26. The normalized spacial score (nSPS) is 52.6. The Hall–Kier alpha value is -1.34. The lowest BCUT2D eigenvalue weighted by Crippen LogP contribution is -2.61. The Morgan fingerprint density at radius 1 is 0.273 bits per heavy atom. The summed E-state index contributed by atoms with van der Waals surface area (Å²) in [5, 5.41) is 48.3. The van der Waals surface area contributed by atoms with Crippen molar-refractivity contribution >= 4 is 0 Å². The first-order valence-corrected chi connectivity index (χ1v) is 18.6. The van der Waals surface area contributed by atoms with Crippen LogP contribution in [0.5, 0.6) is 0 Å². The van der Waals surface area contributed by atoms with Gasteiger partial charge in [-0.3, -0.25) is 42.5 Å². The summed E-state index contributed by atoms with van der Waals surface area (Å²) in [4.78, 5) is 0. The van der Waals surface area contributed by atoms with Crippen LogP contribution in [0.2, 0.25) is 0 Å². The molecule has 4 aliphatic carbocycles. The molecular weight excluding hydrogens is 548 g/mol. The van der Waals surface area contributed by atoms with Crippen LogP contribution in [0.1, 0.15) is 103 Å². The Kier molecular flexibility index (Phi) is 8.90. The molecule has 5 heterocycles. The predicted octanol–water partition coefficient (Wildman–Crippen LogP) is 2.64. The Morgan fingerprint density at radius 3 is 0.523 bits per heavy atom. The highest BCUT2D eigenvalue weighted by Gasteiger charge is 2.54. The lowest BCUT2D eigenvalue weighted by atomic mass is 9.76. The van der Waals surface area contributed by atoms with E-state index in [0.717, 1.165) is 47.3 Å². The minimum Gasteiger partial charge on any atom is -0.286 e. The van der Waals surface area contributed by atoms with Crippen molar-refractivity contribution in [3.05, 3.63) is 0 Å². The minimum absolute atomic E-state index is 0.420. The Morgan fingerprint density at radius 2 is 0.409 bits per heavy atom. The van der Waals surface area contributed by atoms with Crippen molar-refractivity contribution in [2.45, 2.75) is 152 Å². The topological polar surface area (TPSA) is 144 Å². The van der Waals surface area contributed by atoms with Crippen molar-refractivity contribution in [2.75, 3.05) is 0 Å². The van der Waals surface area contributed by atoms with Crippen molar-refractivity contribution in [1.82, 2.24) is 42.5 Å². The SMILES string of the molecule is C1CCC2C3NC(NC4NC(NC5NC(NC6NC(N3)C3CCCCC63)C3CCCCC53)C3CCCCC43)C2C1.N#CC#N. The molecule has 5 saturated heterocycles. The molecule has 8 bridgehead atoms. The van der Waals surface area contributed by atoms with Gasteiger partial charge < -0.3 is 0 Å². The number of hydrogen-bond donors (Lipinski definition) is 8. The summed E-state index contributed by atoms with van der Waals surface area (Å²) < 4.78 is 0. The average molecular weight is 605 g/mol. The molecule has 242 valence electrons. The molecule has 0 aromatic rings. The van der Waals surface area contributed by atoms with Crippen molar-refractivity contribution in [1.29, 1.82) is 10.5 Å². The van der Waals surface area contributed by atoms with Crippen LogP contribution in [0, 0.1) is 70.0 Å². The lowest BCUT2D eigenvalue weighted by Gasteiger charge is -2.35. The van der Waals surface area contributed by atoms with Gasteiger partial charge in [-0.05, 0) is 98.7 Å². The minimum atomic E-state index is 0.420. The van der Waals surface area contributed by atoms with E-state index in [4.69, 9.17) is 10.5 Å². The summed E-state index contributed by atoms with van der Waals surface area (Å²) >= 11 is 0. The second kappa shape index (κ2) is 13.0. The summed E-state index contributed by atoms with van der Waals surface area (Å²) in [6.45, 7) is 0. The van der Waals surface area contributed by atoms with Crippen molar-refractivity contribution < 1.29 is 0 Å². The summed E-state index contributed by atoms with van der Waals surface area (Å²) in [6, 6.07) is 2.47. The van der Waals surface area contributed by atoms with Gasteiger partial charge in [0.2, 0.25) is 0 Å². The lowest BCUT2D eigenvalue weighted by molar-refractivity contribution is 0.167. The molecule has 44 heavy (non-hydrogen) atoms. The van der Waals surface area contributed by atoms with Gasteiger partial charge in [0.05, 0.1) is 49.3 Å². The second-order valence-electron chi connectivity index (χ2n) is 15.8. The van der Waals surface area contributed by atoms with Gasteiger partial charge in [-0.25, -0.2) is 0 Å². The standard InChI is InChI=1S/C32H56N8.C2N2/c1-2-10-18-17(9-1)25-33-26(18)38-28-21-13-5-6-14-22(21)30(35-28)40-32-24-16-8-7-15-23(24)31(36-32)39-29-20-12-4-3-11-19(20)27(34-29)37-25;3-1-2-4/h17-40H,1-16H2;. The van der Waals surface area contributed by atoms with Crippen molar-refractivity contribution in [2.24, 2.45) is 47.3 Å². The van der Waals surface area contributed by atoms with Crippen molar-refractivity contribution in [3.8, 4) is 12.1 Å². The van der Waals surface area contributed by atoms with Crippen LogP contribution in [0.3, 0.4) is 0 Å². The molecule has 9 aliphatic rings. The third-order valence-corrected chi connectivity index (χ3v) is 13.8. The maximum Gasteiger partial charge on any atom is 0.181 e. The molecule has 0 spiro atoms. The van der Waals surface area contributed by atoms with Crippen LogP contribution in [0.25, 0.3) is 0 Å². The Balaban J connectivity index is 0.000000684. The predicted molar refractivity (Wildman–Crippen MR) is 168 cm³/mol. The number of rotatable bonds is 0. The molecule has 4 saturated carbocycles. The largest absolute Gasteiger partial charge is 0.286 e. The highest BCUT2D eigenvalue weighted by atomic mass is 15.4. The van der Waals surface area contributed by atoms with Gasteiger partial charge in [0, 0.05) is 0 Å². The summed E-state index contributed by atoms with van der Waals surface area (Å²) in [7, 11) is 0. The van der Waals surface area contributed by atoms with Gasteiger partial charge in [-0.15, -0.1) is 0 Å². The zero-order chi connectivity index (χ0) is 29.6. The highest BCUT2D eigenvalue weighted by molar-refractivity contribution is 5.08. The van der Waals surface area contributed by atoms with Crippen LogP contribution in [0.4, 0.5) is 0 Å². The molecule has 8 unspecified atom stereocenters. The first-order chi connectivity index (χ1) is 21.7. The molecule has 5 aliphatic heterocycles. The van der Waals surface area contributed by atoms with Crippen LogP contribution >= 0.6 is 0 Å².